The van der Waals surface area contributed by atoms with Gasteiger partial charge in [0.1, 0.15) is 5.75 Å². The Morgan fingerprint density at radius 2 is 2.15 bits per heavy atom. The Labute approximate surface area is 160 Å². The van der Waals surface area contributed by atoms with E-state index >= 15 is 0 Å². The molecule has 0 aliphatic carbocycles. The quantitative estimate of drug-likeness (QED) is 0.789. The van der Waals surface area contributed by atoms with Gasteiger partial charge in [0.05, 0.1) is 22.9 Å². The van der Waals surface area contributed by atoms with Crippen LogP contribution in [0.25, 0.3) is 0 Å². The summed E-state index contributed by atoms with van der Waals surface area (Å²) in [4.78, 5) is 15.5. The van der Waals surface area contributed by atoms with Crippen molar-refractivity contribution in [1.29, 1.82) is 0 Å². The molecule has 142 valence electrons. The van der Waals surface area contributed by atoms with Crippen molar-refractivity contribution in [2.24, 2.45) is 5.92 Å². The average Bonchev–Trinajstić information content (AvgIpc) is 2.66. The first kappa shape index (κ1) is 17.9. The van der Waals surface area contributed by atoms with Gasteiger partial charge < -0.3 is 20.7 Å². The van der Waals surface area contributed by atoms with Crippen LogP contribution in [0.5, 0.6) is 5.75 Å². The third-order valence-electron chi connectivity index (χ3n) is 6.28. The van der Waals surface area contributed by atoms with Crippen molar-refractivity contribution in [3.63, 3.8) is 0 Å². The van der Waals surface area contributed by atoms with Crippen LogP contribution in [-0.2, 0) is 0 Å². The fourth-order valence-electron chi connectivity index (χ4n) is 4.86. The third kappa shape index (κ3) is 3.16. The normalized spacial score (nSPS) is 29.8. The molecule has 6 heteroatoms. The van der Waals surface area contributed by atoms with Crippen LogP contribution in [0, 0.1) is 5.92 Å². The molecule has 2 atom stereocenters. The van der Waals surface area contributed by atoms with Crippen molar-refractivity contribution in [3.05, 3.63) is 22.2 Å². The number of amides is 1. The highest BCUT2D eigenvalue weighted by atomic mass is 35.5. The van der Waals surface area contributed by atoms with E-state index in [0.717, 1.165) is 44.5 Å². The number of benzene rings is 1. The van der Waals surface area contributed by atoms with Crippen molar-refractivity contribution < 1.29 is 9.53 Å². The number of carbonyl (C=O) groups excluding carboxylic acids is 1. The van der Waals surface area contributed by atoms with E-state index in [9.17, 15) is 4.79 Å². The summed E-state index contributed by atoms with van der Waals surface area (Å²) in [5, 5.41) is 3.70. The second-order valence-electron chi connectivity index (χ2n) is 7.90. The van der Waals surface area contributed by atoms with Crippen molar-refractivity contribution in [2.75, 3.05) is 32.0 Å². The summed E-state index contributed by atoms with van der Waals surface area (Å²) in [5.74, 6) is 1.46. The molecular formula is C20H28ClN3O2. The Morgan fingerprint density at radius 3 is 2.81 bits per heavy atom. The van der Waals surface area contributed by atoms with E-state index in [1.165, 1.54) is 12.8 Å². The molecule has 0 spiro atoms. The van der Waals surface area contributed by atoms with E-state index < -0.39 is 0 Å². The highest BCUT2D eigenvalue weighted by Crippen LogP contribution is 2.45. The minimum Gasteiger partial charge on any atom is -0.492 e. The molecule has 26 heavy (non-hydrogen) atoms. The molecular weight excluding hydrogens is 350 g/mol. The monoisotopic (exact) mass is 377 g/mol. The van der Waals surface area contributed by atoms with E-state index in [1.807, 2.05) is 0 Å². The van der Waals surface area contributed by atoms with Gasteiger partial charge in [-0.1, -0.05) is 24.9 Å². The second-order valence-corrected chi connectivity index (χ2v) is 8.31. The third-order valence-corrected chi connectivity index (χ3v) is 6.60. The largest absolute Gasteiger partial charge is 0.492 e. The van der Waals surface area contributed by atoms with Crippen LogP contribution in [0.3, 0.4) is 0 Å². The summed E-state index contributed by atoms with van der Waals surface area (Å²) in [6.07, 6.45) is 5.35. The number of carbonyl (C=O) groups is 1. The van der Waals surface area contributed by atoms with Crippen molar-refractivity contribution >= 4 is 23.2 Å². The molecule has 1 aromatic carbocycles. The van der Waals surface area contributed by atoms with Gasteiger partial charge >= 0.3 is 0 Å². The number of hydrogen-bond acceptors (Lipinski definition) is 4. The molecule has 3 saturated heterocycles. The highest BCUT2D eigenvalue weighted by molar-refractivity contribution is 6.33. The lowest BCUT2D eigenvalue weighted by atomic mass is 9.83. The molecule has 5 nitrogen and oxygen atoms in total. The van der Waals surface area contributed by atoms with Gasteiger partial charge in [0.25, 0.3) is 5.91 Å². The van der Waals surface area contributed by atoms with E-state index in [-0.39, 0.29) is 11.9 Å². The van der Waals surface area contributed by atoms with Crippen LogP contribution in [0.1, 0.15) is 60.9 Å². The maximum Gasteiger partial charge on any atom is 0.255 e. The van der Waals surface area contributed by atoms with Crippen molar-refractivity contribution in [3.8, 4) is 5.75 Å². The maximum absolute atomic E-state index is 13.1. The Kier molecular flexibility index (Phi) is 5.02. The predicted molar refractivity (Wildman–Crippen MR) is 104 cm³/mol. The zero-order valence-corrected chi connectivity index (χ0v) is 16.1. The number of nitrogen functional groups attached to an aromatic ring is 1. The van der Waals surface area contributed by atoms with Crippen LogP contribution < -0.4 is 15.8 Å². The van der Waals surface area contributed by atoms with E-state index in [1.54, 1.807) is 6.07 Å². The molecule has 5 rings (SSSR count). The first-order chi connectivity index (χ1) is 12.6. The number of nitrogens with two attached hydrogens (primary N) is 1. The summed E-state index contributed by atoms with van der Waals surface area (Å²) in [5.41, 5.74) is 8.32. The van der Waals surface area contributed by atoms with Crippen LogP contribution >= 0.6 is 11.6 Å². The maximum atomic E-state index is 13.1. The van der Waals surface area contributed by atoms with E-state index in [2.05, 4.69) is 17.1 Å². The molecule has 0 aromatic heterocycles. The van der Waals surface area contributed by atoms with Gasteiger partial charge in [-0.3, -0.25) is 4.79 Å². The minimum absolute atomic E-state index is 0.0842. The number of hydrogen-bond donors (Lipinski definition) is 2. The number of ether oxygens (including phenoxy) is 1. The fourth-order valence-corrected chi connectivity index (χ4v) is 5.07. The topological polar surface area (TPSA) is 67.6 Å². The summed E-state index contributed by atoms with van der Waals surface area (Å²) in [6, 6.07) is 1.90. The molecule has 2 bridgehead atoms. The Bertz CT molecular complexity index is 701. The highest BCUT2D eigenvalue weighted by Gasteiger charge is 2.36. The number of piperidine rings is 3. The SMILES string of the molecule is CCCC1CCOc2c(C(=O)NC3CN4CCC3CC4)cc(Cl)c(N)c21. The molecule has 3 N–H and O–H groups in total. The molecule has 4 aliphatic heterocycles. The smallest absolute Gasteiger partial charge is 0.255 e. The van der Waals surface area contributed by atoms with Gasteiger partial charge in [0.2, 0.25) is 0 Å². The Morgan fingerprint density at radius 1 is 1.38 bits per heavy atom. The van der Waals surface area contributed by atoms with Crippen LogP contribution in [0.2, 0.25) is 5.02 Å². The lowest BCUT2D eigenvalue weighted by molar-refractivity contribution is 0.0618. The molecule has 3 fully saturated rings. The Hall–Kier alpha value is -1.46. The second kappa shape index (κ2) is 7.28. The van der Waals surface area contributed by atoms with Crippen molar-refractivity contribution in [2.45, 2.75) is 51.0 Å². The first-order valence-corrected chi connectivity index (χ1v) is 10.2. The molecule has 2 unspecified atom stereocenters. The molecule has 1 aromatic rings. The molecule has 0 radical (unpaired) electrons. The Balaban J connectivity index is 1.63. The summed E-state index contributed by atoms with van der Waals surface area (Å²) in [7, 11) is 0. The first-order valence-electron chi connectivity index (χ1n) is 9.86. The summed E-state index contributed by atoms with van der Waals surface area (Å²) < 4.78 is 5.93. The molecule has 4 aliphatic rings. The minimum atomic E-state index is -0.0842. The summed E-state index contributed by atoms with van der Waals surface area (Å²) >= 11 is 6.40. The van der Waals surface area contributed by atoms with Crippen LogP contribution in [-0.4, -0.2) is 43.1 Å². The predicted octanol–water partition coefficient (Wildman–Crippen LogP) is 3.41. The zero-order chi connectivity index (χ0) is 18.3. The molecule has 4 heterocycles. The van der Waals surface area contributed by atoms with Crippen LogP contribution in [0.15, 0.2) is 6.07 Å². The average molecular weight is 378 g/mol. The number of nitrogens with zero attached hydrogens (tertiary/aromatic N) is 1. The lowest BCUT2D eigenvalue weighted by Gasteiger charge is -2.45. The number of nitrogens with one attached hydrogen (secondary N) is 1. The van der Waals surface area contributed by atoms with Gasteiger partial charge in [-0.25, -0.2) is 0 Å². The summed E-state index contributed by atoms with van der Waals surface area (Å²) in [6.45, 7) is 6.04. The van der Waals surface area contributed by atoms with Gasteiger partial charge in [0, 0.05) is 18.2 Å². The lowest BCUT2D eigenvalue weighted by Crippen LogP contribution is -2.57. The number of rotatable bonds is 4. The zero-order valence-electron chi connectivity index (χ0n) is 15.4. The fraction of sp³-hybridized carbons (Fsp3) is 0.650. The van der Waals surface area contributed by atoms with Crippen LogP contribution in [0.4, 0.5) is 5.69 Å². The number of fused-ring (bicyclic) bond motifs is 4. The molecule has 1 amide bonds. The van der Waals surface area contributed by atoms with E-state index in [4.69, 9.17) is 22.1 Å². The van der Waals surface area contributed by atoms with Gasteiger partial charge in [-0.15, -0.1) is 0 Å². The standard InChI is InChI=1S/C20H28ClN3O2/c1-2-3-13-6-9-26-19-14(10-15(21)18(22)17(13)19)20(25)23-16-11-24-7-4-12(16)5-8-24/h10,12-13,16H,2-9,11,22H2,1H3,(H,23,25). The molecule has 0 saturated carbocycles. The van der Waals surface area contributed by atoms with Gasteiger partial charge in [-0.05, 0) is 56.7 Å². The van der Waals surface area contributed by atoms with E-state index in [0.29, 0.717) is 40.5 Å². The number of halogens is 1. The van der Waals surface area contributed by atoms with Gasteiger partial charge in [-0.2, -0.15) is 0 Å². The number of anilines is 1. The van der Waals surface area contributed by atoms with Gasteiger partial charge in [0.15, 0.2) is 0 Å². The van der Waals surface area contributed by atoms with Crippen molar-refractivity contribution in [1.82, 2.24) is 10.2 Å².